The van der Waals surface area contributed by atoms with Gasteiger partial charge in [-0.05, 0) is 50.9 Å². The van der Waals surface area contributed by atoms with Gasteiger partial charge in [-0.1, -0.05) is 6.07 Å². The number of benzene rings is 1. The maximum absolute atomic E-state index is 11.2. The number of aliphatic hydroxyl groups excluding tert-OH is 1. The Morgan fingerprint density at radius 3 is 2.61 bits per heavy atom. The minimum atomic E-state index is -0.680. The molecule has 0 saturated heterocycles. The second kappa shape index (κ2) is 7.56. The molecule has 0 aliphatic heterocycles. The number of para-hydroxylation sites is 1. The molecule has 1 rings (SSSR count). The normalized spacial score (nSPS) is 12.4. The average Bonchev–Trinajstić information content (AvgIpc) is 2.30. The Hall–Kier alpha value is -0.850. The van der Waals surface area contributed by atoms with E-state index >= 15 is 0 Å². The van der Waals surface area contributed by atoms with Crippen molar-refractivity contribution in [3.63, 3.8) is 0 Å². The van der Waals surface area contributed by atoms with Gasteiger partial charge in [0.2, 0.25) is 0 Å². The van der Waals surface area contributed by atoms with Gasteiger partial charge in [-0.2, -0.15) is 0 Å². The fourth-order valence-corrected chi connectivity index (χ4v) is 2.19. The van der Waals surface area contributed by atoms with Crippen LogP contribution >= 0.6 is 31.9 Å². The van der Waals surface area contributed by atoms with Crippen molar-refractivity contribution in [1.29, 1.82) is 0 Å². The van der Waals surface area contributed by atoms with Crippen molar-refractivity contribution < 1.29 is 19.4 Å². The van der Waals surface area contributed by atoms with Crippen LogP contribution in [0.4, 0.5) is 0 Å². The summed E-state index contributed by atoms with van der Waals surface area (Å²) < 4.78 is 11.6. The highest BCUT2D eigenvalue weighted by molar-refractivity contribution is 9.11. The van der Waals surface area contributed by atoms with Gasteiger partial charge in [0.15, 0.2) is 5.75 Å². The minimum absolute atomic E-state index is 0.0398. The molecule has 4 nitrogen and oxygen atoms in total. The van der Waals surface area contributed by atoms with Crippen LogP contribution < -0.4 is 4.74 Å². The van der Waals surface area contributed by atoms with Crippen LogP contribution in [-0.4, -0.2) is 23.8 Å². The van der Waals surface area contributed by atoms with Crippen LogP contribution in [0, 0.1) is 0 Å². The quantitative estimate of drug-likeness (QED) is 0.485. The Morgan fingerprint density at radius 1 is 1.44 bits per heavy atom. The largest absolute Gasteiger partial charge is 0.462 e. The average molecular weight is 380 g/mol. The van der Waals surface area contributed by atoms with E-state index in [-0.39, 0.29) is 6.61 Å². The van der Waals surface area contributed by atoms with Crippen LogP contribution in [0.3, 0.4) is 0 Å². The van der Waals surface area contributed by atoms with E-state index in [1.54, 1.807) is 0 Å². The zero-order chi connectivity index (χ0) is 13.5. The molecule has 0 saturated carbocycles. The molecule has 1 aromatic rings. The van der Waals surface area contributed by atoms with Crippen LogP contribution in [0.5, 0.6) is 5.75 Å². The van der Waals surface area contributed by atoms with Gasteiger partial charge in [-0.25, -0.2) is 4.79 Å². The van der Waals surface area contributed by atoms with Gasteiger partial charge in [0.25, 0.3) is 0 Å². The number of carbonyl (C=O) groups excluding carboxylic acids is 1. The lowest BCUT2D eigenvalue weighted by molar-refractivity contribution is -0.140. The molecule has 0 radical (unpaired) electrons. The topological polar surface area (TPSA) is 55.8 Å². The molecule has 0 aliphatic rings. The van der Waals surface area contributed by atoms with Crippen LogP contribution in [0.15, 0.2) is 39.5 Å². The zero-order valence-electron chi connectivity index (χ0n) is 9.60. The third-order valence-corrected chi connectivity index (χ3v) is 3.02. The maximum atomic E-state index is 11.2. The molecule has 0 bridgehead atoms. The molecule has 1 N–H and O–H groups in total. The first-order chi connectivity index (χ1) is 8.50. The Labute approximate surface area is 122 Å². The molecule has 0 fully saturated rings. The summed E-state index contributed by atoms with van der Waals surface area (Å²) >= 11 is 6.65. The van der Waals surface area contributed by atoms with Gasteiger partial charge in [-0.3, -0.25) is 0 Å². The SMILES string of the molecule is CC(O)COC(=O)/C=C/Oc1c(Br)cccc1Br. The van der Waals surface area contributed by atoms with Crippen LogP contribution in [-0.2, 0) is 9.53 Å². The summed E-state index contributed by atoms with van der Waals surface area (Å²) in [6.45, 7) is 1.49. The molecular formula is C12H12Br2O4. The van der Waals surface area contributed by atoms with Crippen molar-refractivity contribution in [3.05, 3.63) is 39.5 Å². The van der Waals surface area contributed by atoms with Crippen molar-refractivity contribution in [3.8, 4) is 5.75 Å². The van der Waals surface area contributed by atoms with Crippen molar-refractivity contribution in [2.75, 3.05) is 6.61 Å². The Morgan fingerprint density at radius 2 is 2.06 bits per heavy atom. The Balaban J connectivity index is 2.52. The lowest BCUT2D eigenvalue weighted by Crippen LogP contribution is -2.13. The number of halogens is 2. The number of esters is 1. The van der Waals surface area contributed by atoms with Crippen molar-refractivity contribution in [1.82, 2.24) is 0 Å². The lowest BCUT2D eigenvalue weighted by Gasteiger charge is -2.06. The fraction of sp³-hybridized carbons (Fsp3) is 0.250. The predicted molar refractivity (Wildman–Crippen MR) is 74.2 cm³/mol. The second-order valence-electron chi connectivity index (χ2n) is 3.45. The summed E-state index contributed by atoms with van der Waals surface area (Å²) in [5.41, 5.74) is 0. The molecule has 1 aromatic carbocycles. The first-order valence-electron chi connectivity index (χ1n) is 5.12. The number of aliphatic hydroxyl groups is 1. The van der Waals surface area contributed by atoms with Crippen LogP contribution in [0.2, 0.25) is 0 Å². The van der Waals surface area contributed by atoms with Gasteiger partial charge < -0.3 is 14.6 Å². The summed E-state index contributed by atoms with van der Waals surface area (Å²) in [5.74, 6) is -0.00356. The summed E-state index contributed by atoms with van der Waals surface area (Å²) in [7, 11) is 0. The number of ether oxygens (including phenoxy) is 2. The minimum Gasteiger partial charge on any atom is -0.462 e. The molecule has 0 amide bonds. The smallest absolute Gasteiger partial charge is 0.333 e. The standard InChI is InChI=1S/C12H12Br2O4/c1-8(15)7-18-11(16)5-6-17-12-9(13)3-2-4-10(12)14/h2-6,8,15H,7H2,1H3/b6-5+. The summed E-state index contributed by atoms with van der Waals surface area (Å²) in [6.07, 6.45) is 1.70. The van der Waals surface area contributed by atoms with Crippen molar-refractivity contribution in [2.45, 2.75) is 13.0 Å². The zero-order valence-corrected chi connectivity index (χ0v) is 12.8. The van der Waals surface area contributed by atoms with E-state index in [0.717, 1.165) is 15.0 Å². The first kappa shape index (κ1) is 15.2. The van der Waals surface area contributed by atoms with Gasteiger partial charge in [0, 0.05) is 0 Å². The van der Waals surface area contributed by atoms with E-state index in [4.69, 9.17) is 14.6 Å². The number of rotatable bonds is 5. The number of carbonyl (C=O) groups is 1. The monoisotopic (exact) mass is 378 g/mol. The maximum Gasteiger partial charge on any atom is 0.333 e. The van der Waals surface area contributed by atoms with E-state index in [1.807, 2.05) is 18.2 Å². The highest BCUT2D eigenvalue weighted by atomic mass is 79.9. The van der Waals surface area contributed by atoms with Crippen molar-refractivity contribution in [2.24, 2.45) is 0 Å². The Kier molecular flexibility index (Phi) is 6.38. The van der Waals surface area contributed by atoms with Gasteiger partial charge >= 0.3 is 5.97 Å². The molecule has 0 heterocycles. The molecule has 0 aliphatic carbocycles. The molecule has 0 spiro atoms. The highest BCUT2D eigenvalue weighted by Gasteiger charge is 2.05. The molecule has 98 valence electrons. The summed E-state index contributed by atoms with van der Waals surface area (Å²) in [6, 6.07) is 5.49. The van der Waals surface area contributed by atoms with Gasteiger partial charge in [-0.15, -0.1) is 0 Å². The third-order valence-electron chi connectivity index (χ3n) is 1.78. The predicted octanol–water partition coefficient (Wildman–Crippen LogP) is 3.03. The lowest BCUT2D eigenvalue weighted by atomic mass is 10.3. The van der Waals surface area contributed by atoms with Crippen LogP contribution in [0.25, 0.3) is 0 Å². The van der Waals surface area contributed by atoms with Crippen LogP contribution in [0.1, 0.15) is 6.92 Å². The molecule has 6 heteroatoms. The molecule has 1 atom stereocenters. The molecule has 18 heavy (non-hydrogen) atoms. The number of hydrogen-bond donors (Lipinski definition) is 1. The van der Waals surface area contributed by atoms with Gasteiger partial charge in [0.05, 0.1) is 27.4 Å². The molecule has 0 aromatic heterocycles. The Bertz CT molecular complexity index is 423. The van der Waals surface area contributed by atoms with E-state index in [9.17, 15) is 4.79 Å². The highest BCUT2D eigenvalue weighted by Crippen LogP contribution is 2.32. The number of hydrogen-bond acceptors (Lipinski definition) is 4. The summed E-state index contributed by atoms with van der Waals surface area (Å²) in [4.78, 5) is 11.2. The van der Waals surface area contributed by atoms with E-state index in [2.05, 4.69) is 31.9 Å². The van der Waals surface area contributed by atoms with E-state index in [1.165, 1.54) is 13.2 Å². The fourth-order valence-electron chi connectivity index (χ4n) is 1.00. The molecular weight excluding hydrogens is 368 g/mol. The van der Waals surface area contributed by atoms with E-state index < -0.39 is 12.1 Å². The third kappa shape index (κ3) is 5.20. The summed E-state index contributed by atoms with van der Waals surface area (Å²) in [5, 5.41) is 8.93. The molecule has 1 unspecified atom stereocenters. The first-order valence-corrected chi connectivity index (χ1v) is 6.71. The second-order valence-corrected chi connectivity index (χ2v) is 5.16. The van der Waals surface area contributed by atoms with E-state index in [0.29, 0.717) is 5.75 Å². The van der Waals surface area contributed by atoms with Crippen molar-refractivity contribution >= 4 is 37.8 Å². The van der Waals surface area contributed by atoms with Gasteiger partial charge in [0.1, 0.15) is 6.61 Å².